The molecule has 0 radical (unpaired) electrons. The molecule has 1 aromatic heterocycles. The van der Waals surface area contributed by atoms with Crippen molar-refractivity contribution in [1.82, 2.24) is 0 Å². The van der Waals surface area contributed by atoms with Crippen LogP contribution in [0.4, 0.5) is 4.39 Å². The van der Waals surface area contributed by atoms with E-state index in [4.69, 9.17) is 5.11 Å². The average molecular weight is 116 g/mol. The van der Waals surface area contributed by atoms with Crippen molar-refractivity contribution < 1.29 is 13.9 Å². The van der Waals surface area contributed by atoms with E-state index in [1.807, 2.05) is 0 Å². The molecule has 1 N–H and O–H groups in total. The molecule has 0 aliphatic carbocycles. The van der Waals surface area contributed by atoms with E-state index in [9.17, 15) is 4.39 Å². The summed E-state index contributed by atoms with van der Waals surface area (Å²) in [6, 6.07) is 1.14. The Labute approximate surface area is 45.6 Å². The van der Waals surface area contributed by atoms with Crippen LogP contribution in [0, 0.1) is 5.82 Å². The minimum absolute atomic E-state index is 0.246. The molecule has 0 aliphatic heterocycles. The van der Waals surface area contributed by atoms with Crippen LogP contribution in [0.1, 0.15) is 5.76 Å². The average Bonchev–Trinajstić information content (AvgIpc) is 2.14. The fourth-order valence-electron chi connectivity index (χ4n) is 0.437. The molecule has 1 heterocycles. The van der Waals surface area contributed by atoms with Crippen molar-refractivity contribution in [1.29, 1.82) is 0 Å². The lowest BCUT2D eigenvalue weighted by atomic mass is 10.5. The van der Waals surface area contributed by atoms with E-state index in [1.54, 1.807) is 0 Å². The van der Waals surface area contributed by atoms with Gasteiger partial charge in [-0.3, -0.25) is 0 Å². The molecule has 2 nitrogen and oxygen atoms in total. The largest absolute Gasteiger partial charge is 0.464 e. The van der Waals surface area contributed by atoms with Gasteiger partial charge in [0.25, 0.3) is 0 Å². The smallest absolute Gasteiger partial charge is 0.161 e. The third kappa shape index (κ3) is 0.869. The van der Waals surface area contributed by atoms with Gasteiger partial charge in [-0.25, -0.2) is 4.39 Å². The first-order chi connectivity index (χ1) is 3.83. The number of halogens is 1. The Morgan fingerprint density at radius 1 is 1.75 bits per heavy atom. The van der Waals surface area contributed by atoms with Gasteiger partial charge in [0.15, 0.2) is 5.82 Å². The van der Waals surface area contributed by atoms with Crippen molar-refractivity contribution in [3.05, 3.63) is 23.9 Å². The molecule has 8 heavy (non-hydrogen) atoms. The Morgan fingerprint density at radius 3 is 2.75 bits per heavy atom. The second-order valence-corrected chi connectivity index (χ2v) is 1.39. The van der Waals surface area contributed by atoms with Crippen LogP contribution in [0.3, 0.4) is 0 Å². The van der Waals surface area contributed by atoms with Gasteiger partial charge in [0, 0.05) is 6.07 Å². The van der Waals surface area contributed by atoms with Gasteiger partial charge in [-0.1, -0.05) is 0 Å². The van der Waals surface area contributed by atoms with Gasteiger partial charge < -0.3 is 9.52 Å². The lowest BCUT2D eigenvalue weighted by molar-refractivity contribution is 0.247. The van der Waals surface area contributed by atoms with E-state index >= 15 is 0 Å². The maximum Gasteiger partial charge on any atom is 0.161 e. The van der Waals surface area contributed by atoms with E-state index in [-0.39, 0.29) is 12.4 Å². The molecule has 0 saturated carbocycles. The summed E-state index contributed by atoms with van der Waals surface area (Å²) in [5.41, 5.74) is 0. The van der Waals surface area contributed by atoms with E-state index in [1.165, 1.54) is 0 Å². The van der Waals surface area contributed by atoms with Gasteiger partial charge in [-0.15, -0.1) is 0 Å². The molecule has 0 spiro atoms. The van der Waals surface area contributed by atoms with Crippen molar-refractivity contribution in [2.24, 2.45) is 0 Å². The van der Waals surface area contributed by atoms with Crippen molar-refractivity contribution in [2.45, 2.75) is 6.61 Å². The first kappa shape index (κ1) is 5.31. The predicted octanol–water partition coefficient (Wildman–Crippen LogP) is 0.911. The summed E-state index contributed by atoms with van der Waals surface area (Å²) in [6.07, 6.45) is 0.950. The van der Waals surface area contributed by atoms with Gasteiger partial charge in [0.05, 0.1) is 0 Å². The molecule has 0 aliphatic rings. The monoisotopic (exact) mass is 116 g/mol. The SMILES string of the molecule is OCc1cc(F)co1. The van der Waals surface area contributed by atoms with Crippen LogP contribution in [0.15, 0.2) is 16.7 Å². The van der Waals surface area contributed by atoms with Gasteiger partial charge in [-0.2, -0.15) is 0 Å². The second kappa shape index (κ2) is 1.96. The van der Waals surface area contributed by atoms with Crippen molar-refractivity contribution in [3.8, 4) is 0 Å². The van der Waals surface area contributed by atoms with Crippen LogP contribution in [0.5, 0.6) is 0 Å². The number of hydrogen-bond donors (Lipinski definition) is 1. The summed E-state index contributed by atoms with van der Waals surface area (Å²) in [5.74, 6) is -0.198. The molecule has 0 unspecified atom stereocenters. The van der Waals surface area contributed by atoms with Crippen LogP contribution >= 0.6 is 0 Å². The second-order valence-electron chi connectivity index (χ2n) is 1.39. The van der Waals surface area contributed by atoms with Crippen molar-refractivity contribution >= 4 is 0 Å². The van der Waals surface area contributed by atoms with Gasteiger partial charge >= 0.3 is 0 Å². The zero-order chi connectivity index (χ0) is 5.98. The van der Waals surface area contributed by atoms with Crippen molar-refractivity contribution in [2.75, 3.05) is 0 Å². The zero-order valence-electron chi connectivity index (χ0n) is 4.10. The topological polar surface area (TPSA) is 33.4 Å². The normalized spacial score (nSPS) is 9.75. The fourth-order valence-corrected chi connectivity index (χ4v) is 0.437. The number of aliphatic hydroxyl groups excluding tert-OH is 1. The molecule has 3 heteroatoms. The molecule has 0 amide bonds. The lowest BCUT2D eigenvalue weighted by Gasteiger charge is -1.79. The molecule has 44 valence electrons. The molecular weight excluding hydrogens is 111 g/mol. The predicted molar refractivity (Wildman–Crippen MR) is 24.6 cm³/mol. The molecule has 1 rings (SSSR count). The molecule has 0 saturated heterocycles. The first-order valence-corrected chi connectivity index (χ1v) is 2.16. The van der Waals surface area contributed by atoms with E-state index in [0.29, 0.717) is 0 Å². The van der Waals surface area contributed by atoms with Crippen molar-refractivity contribution in [3.63, 3.8) is 0 Å². The summed E-state index contributed by atoms with van der Waals surface area (Å²) in [5, 5.41) is 8.29. The maximum absolute atomic E-state index is 11.9. The number of furan rings is 1. The third-order valence-corrected chi connectivity index (χ3v) is 0.778. The Morgan fingerprint density at radius 2 is 2.50 bits per heavy atom. The third-order valence-electron chi connectivity index (χ3n) is 0.778. The van der Waals surface area contributed by atoms with Gasteiger partial charge in [-0.05, 0) is 0 Å². The van der Waals surface area contributed by atoms with Crippen LogP contribution in [0.2, 0.25) is 0 Å². The fraction of sp³-hybridized carbons (Fsp3) is 0.200. The molecule has 0 atom stereocenters. The standard InChI is InChI=1S/C5H5FO2/c6-4-1-5(2-7)8-3-4/h1,3,7H,2H2. The Bertz CT molecular complexity index is 171. The van der Waals surface area contributed by atoms with Crippen LogP contribution < -0.4 is 0 Å². The number of hydrogen-bond acceptors (Lipinski definition) is 2. The van der Waals surface area contributed by atoms with E-state index in [0.717, 1.165) is 12.3 Å². The number of aliphatic hydroxyl groups is 1. The highest BCUT2D eigenvalue weighted by atomic mass is 19.1. The summed E-state index contributed by atoms with van der Waals surface area (Å²) < 4.78 is 16.4. The summed E-state index contributed by atoms with van der Waals surface area (Å²) in [4.78, 5) is 0. The Kier molecular flexibility index (Phi) is 1.30. The lowest BCUT2D eigenvalue weighted by Crippen LogP contribution is -1.73. The van der Waals surface area contributed by atoms with Gasteiger partial charge in [0.1, 0.15) is 18.6 Å². The van der Waals surface area contributed by atoms with Crippen LogP contribution in [-0.4, -0.2) is 5.11 Å². The highest BCUT2D eigenvalue weighted by Crippen LogP contribution is 2.03. The highest BCUT2D eigenvalue weighted by molar-refractivity contribution is 4.98. The Balaban J connectivity index is 2.84. The summed E-state index contributed by atoms with van der Waals surface area (Å²) in [7, 11) is 0. The highest BCUT2D eigenvalue weighted by Gasteiger charge is 1.95. The zero-order valence-corrected chi connectivity index (χ0v) is 4.10. The Hall–Kier alpha value is -0.830. The summed E-state index contributed by atoms with van der Waals surface area (Å²) in [6.45, 7) is -0.246. The molecule has 0 aromatic carbocycles. The summed E-state index contributed by atoms with van der Waals surface area (Å²) >= 11 is 0. The van der Waals surface area contributed by atoms with Crippen LogP contribution in [-0.2, 0) is 6.61 Å². The number of rotatable bonds is 1. The quantitative estimate of drug-likeness (QED) is 0.591. The van der Waals surface area contributed by atoms with Crippen LogP contribution in [0.25, 0.3) is 0 Å². The maximum atomic E-state index is 11.9. The molecular formula is C5H5FO2. The van der Waals surface area contributed by atoms with E-state index in [2.05, 4.69) is 4.42 Å². The molecule has 1 aromatic rings. The molecule has 0 bridgehead atoms. The molecule has 0 fully saturated rings. The van der Waals surface area contributed by atoms with Gasteiger partial charge in [0.2, 0.25) is 0 Å². The van der Waals surface area contributed by atoms with E-state index < -0.39 is 5.82 Å². The minimum Gasteiger partial charge on any atom is -0.464 e. The minimum atomic E-state index is -0.450. The first-order valence-electron chi connectivity index (χ1n) is 2.16.